The summed E-state index contributed by atoms with van der Waals surface area (Å²) >= 11 is 0. The Morgan fingerprint density at radius 2 is 1.06 bits per heavy atom. The number of aliphatic hydroxyl groups excluding tert-OH is 1. The number of ether oxygens (including phenoxy) is 2. The first-order valence-corrected chi connectivity index (χ1v) is 12.7. The molecule has 1 N–H and O–H groups in total. The number of para-hydroxylation sites is 2. The van der Waals surface area contributed by atoms with Gasteiger partial charge in [-0.15, -0.1) is 0 Å². The van der Waals surface area contributed by atoms with E-state index in [2.05, 4.69) is 0 Å². The first-order valence-electron chi connectivity index (χ1n) is 12.7. The summed E-state index contributed by atoms with van der Waals surface area (Å²) in [5.41, 5.74) is -0.624. The molecule has 2 aliphatic rings. The summed E-state index contributed by atoms with van der Waals surface area (Å²) in [4.78, 5) is 25.1. The highest BCUT2D eigenvalue weighted by Gasteiger charge is 2.51. The summed E-state index contributed by atoms with van der Waals surface area (Å²) < 4.78 is 11.1. The van der Waals surface area contributed by atoms with Crippen molar-refractivity contribution in [2.24, 2.45) is 10.8 Å². The molecule has 0 amide bonds. The number of esters is 2. The normalized spacial score (nSPS) is 17.2. The molecule has 2 saturated carbocycles. The zero-order valence-corrected chi connectivity index (χ0v) is 19.9. The Morgan fingerprint density at radius 3 is 1.41 bits per heavy atom. The summed E-state index contributed by atoms with van der Waals surface area (Å²) in [5, 5.41) is 10.4. The number of hydrogen-bond donors (Lipinski definition) is 1. The van der Waals surface area contributed by atoms with E-state index in [1.165, 1.54) is 0 Å². The maximum absolute atomic E-state index is 12.5. The van der Waals surface area contributed by atoms with Crippen molar-refractivity contribution < 1.29 is 24.2 Å². The lowest BCUT2D eigenvalue weighted by molar-refractivity contribution is -0.141. The molecular formula is C29H36O5. The van der Waals surface area contributed by atoms with Crippen molar-refractivity contribution in [1.82, 2.24) is 0 Å². The quantitative estimate of drug-likeness (QED) is 0.204. The first kappa shape index (κ1) is 24.5. The van der Waals surface area contributed by atoms with Crippen LogP contribution < -0.4 is 9.47 Å². The lowest BCUT2D eigenvalue weighted by atomic mass is 9.95. The summed E-state index contributed by atoms with van der Waals surface area (Å²) in [5.74, 6) is 0.990. The average Bonchev–Trinajstić information content (AvgIpc) is 3.77. The predicted octanol–water partition coefficient (Wildman–Crippen LogP) is 6.24. The molecule has 2 aromatic carbocycles. The van der Waals surface area contributed by atoms with Crippen LogP contribution in [0.4, 0.5) is 0 Å². The zero-order valence-electron chi connectivity index (χ0n) is 19.9. The predicted molar refractivity (Wildman–Crippen MR) is 130 cm³/mol. The Kier molecular flexibility index (Phi) is 8.04. The van der Waals surface area contributed by atoms with Gasteiger partial charge in [-0.25, -0.2) is 0 Å². The number of rotatable bonds is 14. The molecule has 2 aliphatic carbocycles. The number of benzene rings is 2. The molecule has 0 aliphatic heterocycles. The zero-order chi connectivity index (χ0) is 23.9. The first-order chi connectivity index (χ1) is 16.5. The molecule has 4 rings (SSSR count). The largest absolute Gasteiger partial charge is 0.426 e. The van der Waals surface area contributed by atoms with Gasteiger partial charge in [0.1, 0.15) is 11.5 Å². The van der Waals surface area contributed by atoms with Crippen LogP contribution in [0.2, 0.25) is 0 Å². The van der Waals surface area contributed by atoms with E-state index in [0.29, 0.717) is 11.5 Å². The second-order valence-corrected chi connectivity index (χ2v) is 10.1. The van der Waals surface area contributed by atoms with Gasteiger partial charge < -0.3 is 14.6 Å². The Morgan fingerprint density at radius 1 is 0.676 bits per heavy atom. The van der Waals surface area contributed by atoms with Gasteiger partial charge in [0.25, 0.3) is 0 Å². The van der Waals surface area contributed by atoms with Gasteiger partial charge in [0.05, 0.1) is 16.9 Å². The van der Waals surface area contributed by atoms with E-state index in [1.54, 1.807) is 0 Å². The van der Waals surface area contributed by atoms with Crippen LogP contribution in [-0.2, 0) is 9.59 Å². The van der Waals surface area contributed by atoms with Gasteiger partial charge in [-0.3, -0.25) is 9.59 Å². The number of carbonyl (C=O) groups excluding carboxylic acids is 2. The highest BCUT2D eigenvalue weighted by molar-refractivity contribution is 5.82. The van der Waals surface area contributed by atoms with Crippen molar-refractivity contribution in [2.75, 3.05) is 0 Å². The topological polar surface area (TPSA) is 72.8 Å². The van der Waals surface area contributed by atoms with Crippen LogP contribution >= 0.6 is 0 Å². The summed E-state index contributed by atoms with van der Waals surface area (Å²) in [6.07, 6.45) is 10.1. The van der Waals surface area contributed by atoms with Crippen molar-refractivity contribution in [2.45, 2.75) is 83.2 Å². The minimum Gasteiger partial charge on any atom is -0.426 e. The monoisotopic (exact) mass is 464 g/mol. The Bertz CT molecular complexity index is 854. The maximum atomic E-state index is 12.5. The molecular weight excluding hydrogens is 428 g/mol. The third kappa shape index (κ3) is 6.69. The van der Waals surface area contributed by atoms with Gasteiger partial charge in [0.2, 0.25) is 0 Å². The van der Waals surface area contributed by atoms with Crippen molar-refractivity contribution in [3.63, 3.8) is 0 Å². The second-order valence-electron chi connectivity index (χ2n) is 10.1. The Labute approximate surface area is 202 Å². The molecule has 182 valence electrons. The summed E-state index contributed by atoms with van der Waals surface area (Å²) in [6.45, 7) is 0. The van der Waals surface area contributed by atoms with Crippen LogP contribution in [0.15, 0.2) is 60.7 Å². The van der Waals surface area contributed by atoms with Crippen molar-refractivity contribution >= 4 is 11.9 Å². The summed E-state index contributed by atoms with van der Waals surface area (Å²) in [7, 11) is 0. The molecule has 0 aromatic heterocycles. The number of carbonyl (C=O) groups is 2. The van der Waals surface area contributed by atoms with Crippen LogP contribution in [0.3, 0.4) is 0 Å². The molecule has 0 heterocycles. The van der Waals surface area contributed by atoms with E-state index < -0.39 is 0 Å². The Hall–Kier alpha value is -2.66. The molecule has 0 unspecified atom stereocenters. The highest BCUT2D eigenvalue weighted by atomic mass is 16.5. The van der Waals surface area contributed by atoms with Crippen LogP contribution in [0.25, 0.3) is 0 Å². The van der Waals surface area contributed by atoms with Gasteiger partial charge in [0.15, 0.2) is 0 Å². The molecule has 0 atom stereocenters. The fourth-order valence-electron chi connectivity index (χ4n) is 4.65. The lowest BCUT2D eigenvalue weighted by Gasteiger charge is -2.16. The SMILES string of the molecule is O=C(Oc1ccccc1)C1(CCCCC(O)CCCCC2(C(=O)Oc3ccccc3)CC2)CC1. The fourth-order valence-corrected chi connectivity index (χ4v) is 4.65. The Balaban J connectivity index is 1.07. The highest BCUT2D eigenvalue weighted by Crippen LogP contribution is 2.52. The van der Waals surface area contributed by atoms with Crippen molar-refractivity contribution in [1.29, 1.82) is 0 Å². The molecule has 34 heavy (non-hydrogen) atoms. The number of hydrogen-bond acceptors (Lipinski definition) is 5. The van der Waals surface area contributed by atoms with Crippen molar-refractivity contribution in [3.05, 3.63) is 60.7 Å². The third-order valence-electron chi connectivity index (χ3n) is 7.37. The van der Waals surface area contributed by atoms with Crippen molar-refractivity contribution in [3.8, 4) is 11.5 Å². The van der Waals surface area contributed by atoms with Gasteiger partial charge in [-0.2, -0.15) is 0 Å². The van der Waals surface area contributed by atoms with Gasteiger partial charge in [-0.05, 0) is 75.6 Å². The molecule has 0 bridgehead atoms. The van der Waals surface area contributed by atoms with Gasteiger partial charge >= 0.3 is 11.9 Å². The van der Waals surface area contributed by atoms with E-state index in [9.17, 15) is 14.7 Å². The standard InChI is InChI=1S/C29H36O5/c30-23(11-7-9-17-28(19-20-28)26(31)33-24-13-3-1-4-14-24)12-8-10-18-29(21-22-29)27(32)34-25-15-5-2-6-16-25/h1-6,13-16,23,30H,7-12,17-22H2. The van der Waals surface area contributed by atoms with Crippen LogP contribution in [0, 0.1) is 10.8 Å². The fraction of sp³-hybridized carbons (Fsp3) is 0.517. The van der Waals surface area contributed by atoms with Crippen LogP contribution in [-0.4, -0.2) is 23.1 Å². The average molecular weight is 465 g/mol. The van der Waals surface area contributed by atoms with E-state index in [-0.39, 0.29) is 28.9 Å². The minimum atomic E-state index is -0.321. The number of aliphatic hydroxyl groups is 1. The van der Waals surface area contributed by atoms with Crippen LogP contribution in [0.5, 0.6) is 11.5 Å². The molecule has 2 aromatic rings. The van der Waals surface area contributed by atoms with Crippen LogP contribution in [0.1, 0.15) is 77.0 Å². The van der Waals surface area contributed by atoms with E-state index >= 15 is 0 Å². The minimum absolute atomic E-state index is 0.112. The molecule has 5 heteroatoms. The molecule has 2 fully saturated rings. The molecule has 0 radical (unpaired) electrons. The third-order valence-corrected chi connectivity index (χ3v) is 7.37. The van der Waals surface area contributed by atoms with Gasteiger partial charge in [0, 0.05) is 0 Å². The molecule has 0 spiro atoms. The lowest BCUT2D eigenvalue weighted by Crippen LogP contribution is -2.22. The van der Waals surface area contributed by atoms with Gasteiger partial charge in [-0.1, -0.05) is 62.1 Å². The number of unbranched alkanes of at least 4 members (excludes halogenated alkanes) is 2. The van der Waals surface area contributed by atoms with E-state index in [4.69, 9.17) is 9.47 Å². The maximum Gasteiger partial charge on any atom is 0.317 e. The second kappa shape index (κ2) is 11.2. The molecule has 0 saturated heterocycles. The van der Waals surface area contributed by atoms with E-state index in [1.807, 2.05) is 60.7 Å². The molecule has 5 nitrogen and oxygen atoms in total. The van der Waals surface area contributed by atoms with E-state index in [0.717, 1.165) is 77.0 Å². The summed E-state index contributed by atoms with van der Waals surface area (Å²) in [6, 6.07) is 18.5. The smallest absolute Gasteiger partial charge is 0.317 e.